The second kappa shape index (κ2) is 4.10. The zero-order chi connectivity index (χ0) is 9.84. The van der Waals surface area contributed by atoms with E-state index < -0.39 is 0 Å². The molecule has 0 saturated heterocycles. The summed E-state index contributed by atoms with van der Waals surface area (Å²) in [6.45, 7) is 5.74. The molecule has 0 heterocycles. The van der Waals surface area contributed by atoms with E-state index in [4.69, 9.17) is 10.5 Å². The van der Waals surface area contributed by atoms with E-state index in [1.165, 1.54) is 0 Å². The fourth-order valence-electron chi connectivity index (χ4n) is 1.10. The molecule has 2 N–H and O–H groups in total. The molecule has 2 nitrogen and oxygen atoms in total. The van der Waals surface area contributed by atoms with E-state index in [1.54, 1.807) is 7.11 Å². The Morgan fingerprint density at radius 3 is 2.31 bits per heavy atom. The van der Waals surface area contributed by atoms with E-state index in [0.717, 1.165) is 16.9 Å². The Labute approximate surface area is 79.0 Å². The summed E-state index contributed by atoms with van der Waals surface area (Å²) < 4.78 is 5.05. The molecule has 0 spiro atoms. The molecular formula is C11H15NO. The molecule has 1 aromatic carbocycles. The molecule has 0 aromatic heterocycles. The van der Waals surface area contributed by atoms with Crippen molar-refractivity contribution in [3.63, 3.8) is 0 Å². The minimum atomic E-state index is -0.0779. The van der Waals surface area contributed by atoms with Crippen LogP contribution in [0.5, 0.6) is 5.75 Å². The first-order valence-electron chi connectivity index (χ1n) is 4.20. The molecule has 0 aliphatic carbocycles. The first-order chi connectivity index (χ1) is 6.15. The molecule has 2 heteroatoms. The van der Waals surface area contributed by atoms with Crippen LogP contribution in [0.3, 0.4) is 0 Å². The maximum Gasteiger partial charge on any atom is 0.118 e. The predicted molar refractivity (Wildman–Crippen MR) is 54.7 cm³/mol. The fraction of sp³-hybridized carbons (Fsp3) is 0.273. The van der Waals surface area contributed by atoms with Gasteiger partial charge in [-0.25, -0.2) is 0 Å². The fourth-order valence-corrected chi connectivity index (χ4v) is 1.10. The highest BCUT2D eigenvalue weighted by Gasteiger charge is 2.05. The second-order valence-corrected chi connectivity index (χ2v) is 3.10. The maximum absolute atomic E-state index is 5.89. The van der Waals surface area contributed by atoms with Crippen LogP contribution in [0.15, 0.2) is 36.4 Å². The standard InChI is InChI=1S/C11H15NO/c1-8(2)11(12)9-4-6-10(13-3)7-5-9/h4-7,11H,1,12H2,2-3H3. The van der Waals surface area contributed by atoms with Crippen LogP contribution in [0.2, 0.25) is 0 Å². The smallest absolute Gasteiger partial charge is 0.118 e. The summed E-state index contributed by atoms with van der Waals surface area (Å²) in [5.74, 6) is 0.845. The van der Waals surface area contributed by atoms with Crippen LogP contribution in [-0.4, -0.2) is 7.11 Å². The Balaban J connectivity index is 2.85. The van der Waals surface area contributed by atoms with E-state index in [1.807, 2.05) is 31.2 Å². The van der Waals surface area contributed by atoms with Crippen LogP contribution in [0.4, 0.5) is 0 Å². The second-order valence-electron chi connectivity index (χ2n) is 3.10. The monoisotopic (exact) mass is 177 g/mol. The summed E-state index contributed by atoms with van der Waals surface area (Å²) in [5.41, 5.74) is 7.92. The topological polar surface area (TPSA) is 35.2 Å². The van der Waals surface area contributed by atoms with Gasteiger partial charge in [0.05, 0.1) is 13.2 Å². The van der Waals surface area contributed by atoms with Gasteiger partial charge in [-0.1, -0.05) is 24.3 Å². The molecule has 0 radical (unpaired) electrons. The van der Waals surface area contributed by atoms with E-state index in [9.17, 15) is 0 Å². The molecule has 0 aliphatic rings. The molecule has 0 saturated carbocycles. The van der Waals surface area contributed by atoms with Crippen LogP contribution >= 0.6 is 0 Å². The Morgan fingerprint density at radius 2 is 1.92 bits per heavy atom. The largest absolute Gasteiger partial charge is 0.497 e. The normalized spacial score (nSPS) is 12.2. The molecule has 1 aromatic rings. The summed E-state index contributed by atoms with van der Waals surface area (Å²) in [6, 6.07) is 7.64. The van der Waals surface area contributed by atoms with Gasteiger partial charge in [-0.15, -0.1) is 0 Å². The summed E-state index contributed by atoms with van der Waals surface area (Å²) in [7, 11) is 1.65. The van der Waals surface area contributed by atoms with Crippen molar-refractivity contribution in [1.29, 1.82) is 0 Å². The first-order valence-corrected chi connectivity index (χ1v) is 4.20. The third-order valence-electron chi connectivity index (χ3n) is 2.01. The molecular weight excluding hydrogens is 162 g/mol. The SMILES string of the molecule is C=C(C)C(N)c1ccc(OC)cc1. The van der Waals surface area contributed by atoms with Crippen LogP contribution in [-0.2, 0) is 0 Å². The van der Waals surface area contributed by atoms with Gasteiger partial charge in [0, 0.05) is 0 Å². The van der Waals surface area contributed by atoms with Crippen LogP contribution in [0.25, 0.3) is 0 Å². The Bertz CT molecular complexity index is 289. The molecule has 0 amide bonds. The van der Waals surface area contributed by atoms with Crippen molar-refractivity contribution < 1.29 is 4.74 Å². The highest BCUT2D eigenvalue weighted by molar-refractivity contribution is 5.32. The first kappa shape index (κ1) is 9.81. The molecule has 0 fully saturated rings. The minimum absolute atomic E-state index is 0.0779. The summed E-state index contributed by atoms with van der Waals surface area (Å²) in [4.78, 5) is 0. The van der Waals surface area contributed by atoms with Crippen LogP contribution in [0.1, 0.15) is 18.5 Å². The number of nitrogens with two attached hydrogens (primary N) is 1. The average Bonchev–Trinajstić information content (AvgIpc) is 2.17. The van der Waals surface area contributed by atoms with Gasteiger partial charge < -0.3 is 10.5 Å². The lowest BCUT2D eigenvalue weighted by molar-refractivity contribution is 0.414. The van der Waals surface area contributed by atoms with Gasteiger partial charge in [0.25, 0.3) is 0 Å². The van der Waals surface area contributed by atoms with Gasteiger partial charge in [-0.3, -0.25) is 0 Å². The van der Waals surface area contributed by atoms with Gasteiger partial charge >= 0.3 is 0 Å². The third-order valence-corrected chi connectivity index (χ3v) is 2.01. The van der Waals surface area contributed by atoms with Gasteiger partial charge in [0.15, 0.2) is 0 Å². The number of benzene rings is 1. The lowest BCUT2D eigenvalue weighted by Crippen LogP contribution is -2.10. The van der Waals surface area contributed by atoms with Crippen molar-refractivity contribution >= 4 is 0 Å². The molecule has 1 atom stereocenters. The summed E-state index contributed by atoms with van der Waals surface area (Å²) in [6.07, 6.45) is 0. The van der Waals surface area contributed by atoms with E-state index in [2.05, 4.69) is 6.58 Å². The Hall–Kier alpha value is -1.28. The van der Waals surface area contributed by atoms with Crippen molar-refractivity contribution in [2.45, 2.75) is 13.0 Å². The lowest BCUT2D eigenvalue weighted by atomic mass is 10.0. The van der Waals surface area contributed by atoms with Crippen LogP contribution in [0, 0.1) is 0 Å². The van der Waals surface area contributed by atoms with Gasteiger partial charge in [0.1, 0.15) is 5.75 Å². The number of rotatable bonds is 3. The van der Waals surface area contributed by atoms with Gasteiger partial charge in [-0.05, 0) is 24.6 Å². The third kappa shape index (κ3) is 2.33. The van der Waals surface area contributed by atoms with Gasteiger partial charge in [-0.2, -0.15) is 0 Å². The summed E-state index contributed by atoms with van der Waals surface area (Å²) >= 11 is 0. The summed E-state index contributed by atoms with van der Waals surface area (Å²) in [5, 5.41) is 0. The predicted octanol–water partition coefficient (Wildman–Crippen LogP) is 2.27. The van der Waals surface area contributed by atoms with Crippen molar-refractivity contribution in [2.24, 2.45) is 5.73 Å². The number of methoxy groups -OCH3 is 1. The van der Waals surface area contributed by atoms with E-state index >= 15 is 0 Å². The zero-order valence-corrected chi connectivity index (χ0v) is 8.08. The molecule has 13 heavy (non-hydrogen) atoms. The van der Waals surface area contributed by atoms with Crippen molar-refractivity contribution in [3.8, 4) is 5.75 Å². The highest BCUT2D eigenvalue weighted by atomic mass is 16.5. The number of hydrogen-bond acceptors (Lipinski definition) is 2. The minimum Gasteiger partial charge on any atom is -0.497 e. The Morgan fingerprint density at radius 1 is 1.38 bits per heavy atom. The molecule has 0 bridgehead atoms. The molecule has 70 valence electrons. The van der Waals surface area contributed by atoms with Crippen LogP contribution < -0.4 is 10.5 Å². The van der Waals surface area contributed by atoms with Crippen molar-refractivity contribution in [3.05, 3.63) is 42.0 Å². The maximum atomic E-state index is 5.89. The Kier molecular flexibility index (Phi) is 3.09. The van der Waals surface area contributed by atoms with Crippen molar-refractivity contribution in [1.82, 2.24) is 0 Å². The molecule has 1 unspecified atom stereocenters. The zero-order valence-electron chi connectivity index (χ0n) is 8.08. The lowest BCUT2D eigenvalue weighted by Gasteiger charge is -2.11. The average molecular weight is 177 g/mol. The number of hydrogen-bond donors (Lipinski definition) is 1. The quantitative estimate of drug-likeness (QED) is 0.719. The van der Waals surface area contributed by atoms with Crippen molar-refractivity contribution in [2.75, 3.05) is 7.11 Å². The van der Waals surface area contributed by atoms with E-state index in [-0.39, 0.29) is 6.04 Å². The van der Waals surface area contributed by atoms with E-state index in [0.29, 0.717) is 0 Å². The highest BCUT2D eigenvalue weighted by Crippen LogP contribution is 2.19. The van der Waals surface area contributed by atoms with Gasteiger partial charge in [0.2, 0.25) is 0 Å². The number of ether oxygens (including phenoxy) is 1. The molecule has 1 rings (SSSR count). The molecule has 0 aliphatic heterocycles.